The maximum absolute atomic E-state index is 12.1. The lowest BCUT2D eigenvalue weighted by molar-refractivity contribution is 0.0953. The molecule has 1 aromatic carbocycles. The molecular weight excluding hydrogens is 316 g/mol. The van der Waals surface area contributed by atoms with Gasteiger partial charge in [-0.2, -0.15) is 4.99 Å². The molecule has 5 N–H and O–H groups in total. The lowest BCUT2D eigenvalue weighted by Crippen LogP contribution is -2.58. The minimum Gasteiger partial charge on any atom is -0.369 e. The number of hydrogen-bond donors (Lipinski definition) is 3. The molecule has 7 heteroatoms. The van der Waals surface area contributed by atoms with Gasteiger partial charge in [-0.3, -0.25) is 9.69 Å². The van der Waals surface area contributed by atoms with E-state index in [1.165, 1.54) is 6.42 Å². The van der Waals surface area contributed by atoms with E-state index in [1.54, 1.807) is 0 Å². The number of rotatable bonds is 4. The van der Waals surface area contributed by atoms with E-state index in [4.69, 9.17) is 11.5 Å². The van der Waals surface area contributed by atoms with Gasteiger partial charge >= 0.3 is 0 Å². The maximum Gasteiger partial charge on any atom is 0.251 e. The molecule has 0 bridgehead atoms. The van der Waals surface area contributed by atoms with Crippen molar-refractivity contribution in [1.82, 2.24) is 5.32 Å². The molecule has 1 saturated carbocycles. The fourth-order valence-corrected chi connectivity index (χ4v) is 3.60. The van der Waals surface area contributed by atoms with Crippen molar-refractivity contribution in [3.05, 3.63) is 29.8 Å². The predicted octanol–water partition coefficient (Wildman–Crippen LogP) is 1.94. The van der Waals surface area contributed by atoms with Gasteiger partial charge in [0, 0.05) is 17.8 Å². The lowest BCUT2D eigenvalue weighted by atomic mass is 9.87. The normalized spacial score (nSPS) is 19.3. The summed E-state index contributed by atoms with van der Waals surface area (Å²) in [5, 5.41) is 2.88. The van der Waals surface area contributed by atoms with Crippen LogP contribution in [0.2, 0.25) is 0 Å². The van der Waals surface area contributed by atoms with E-state index in [0.29, 0.717) is 18.1 Å². The molecule has 1 aromatic rings. The number of anilines is 1. The Kier molecular flexibility index (Phi) is 4.92. The summed E-state index contributed by atoms with van der Waals surface area (Å²) in [7, 11) is 0. The molecule has 1 fully saturated rings. The second-order valence-electron chi connectivity index (χ2n) is 6.62. The molecule has 25 heavy (non-hydrogen) atoms. The van der Waals surface area contributed by atoms with Crippen LogP contribution in [0.3, 0.4) is 0 Å². The van der Waals surface area contributed by atoms with Crippen LogP contribution in [0.5, 0.6) is 0 Å². The van der Waals surface area contributed by atoms with Crippen LogP contribution < -0.4 is 21.7 Å². The molecule has 2 aliphatic rings. The quantitative estimate of drug-likeness (QED) is 0.776. The number of nitrogens with zero attached hydrogens (tertiary/aromatic N) is 3. The number of aliphatic imine (C=N–C) groups is 2. The minimum absolute atomic E-state index is 0.0664. The maximum atomic E-state index is 12.1. The average Bonchev–Trinajstić information content (AvgIpc) is 2.60. The van der Waals surface area contributed by atoms with Crippen LogP contribution in [0.15, 0.2) is 34.3 Å². The summed E-state index contributed by atoms with van der Waals surface area (Å²) >= 11 is 0. The largest absolute Gasteiger partial charge is 0.369 e. The van der Waals surface area contributed by atoms with Gasteiger partial charge in [-0.15, -0.1) is 0 Å². The Hall–Kier alpha value is -2.57. The van der Waals surface area contributed by atoms with Gasteiger partial charge in [0.2, 0.25) is 11.9 Å². The topological polar surface area (TPSA) is 109 Å². The summed E-state index contributed by atoms with van der Waals surface area (Å²) in [6.45, 7) is 2.70. The van der Waals surface area contributed by atoms with Crippen molar-refractivity contribution in [3.63, 3.8) is 0 Å². The molecule has 1 aliphatic heterocycles. The van der Waals surface area contributed by atoms with Crippen molar-refractivity contribution in [3.8, 4) is 0 Å². The monoisotopic (exact) mass is 342 g/mol. The Morgan fingerprint density at radius 3 is 2.52 bits per heavy atom. The molecule has 0 saturated heterocycles. The third-order valence-corrected chi connectivity index (χ3v) is 4.77. The Labute approximate surface area is 148 Å². The van der Waals surface area contributed by atoms with Gasteiger partial charge in [0.05, 0.1) is 0 Å². The second-order valence-corrected chi connectivity index (χ2v) is 6.62. The molecule has 1 heterocycles. The first-order valence-corrected chi connectivity index (χ1v) is 8.94. The van der Waals surface area contributed by atoms with E-state index < -0.39 is 5.66 Å². The number of carbonyl (C=O) groups is 1. The van der Waals surface area contributed by atoms with Gasteiger partial charge in [0.25, 0.3) is 5.91 Å². The average molecular weight is 342 g/mol. The van der Waals surface area contributed by atoms with E-state index in [2.05, 4.69) is 15.3 Å². The highest BCUT2D eigenvalue weighted by Crippen LogP contribution is 2.39. The molecular formula is C18H26N6O. The van der Waals surface area contributed by atoms with Gasteiger partial charge in [-0.05, 0) is 56.4 Å². The van der Waals surface area contributed by atoms with E-state index in [-0.39, 0.29) is 11.9 Å². The molecule has 0 radical (unpaired) electrons. The summed E-state index contributed by atoms with van der Waals surface area (Å²) in [6.07, 6.45) is 6.05. The Morgan fingerprint density at radius 2 is 1.88 bits per heavy atom. The van der Waals surface area contributed by atoms with E-state index in [9.17, 15) is 4.79 Å². The summed E-state index contributed by atoms with van der Waals surface area (Å²) in [5.41, 5.74) is 13.1. The number of guanidine groups is 2. The van der Waals surface area contributed by atoms with Crippen LogP contribution in [0, 0.1) is 0 Å². The fourth-order valence-electron chi connectivity index (χ4n) is 3.60. The van der Waals surface area contributed by atoms with Crippen LogP contribution in [-0.4, -0.2) is 30.0 Å². The number of benzene rings is 1. The summed E-state index contributed by atoms with van der Waals surface area (Å²) in [5.74, 6) is 0.534. The Bertz CT molecular complexity index is 688. The Balaban J connectivity index is 1.88. The molecule has 1 amide bonds. The van der Waals surface area contributed by atoms with Crippen molar-refractivity contribution >= 4 is 23.5 Å². The molecule has 0 unspecified atom stereocenters. The van der Waals surface area contributed by atoms with Gasteiger partial charge in [0.1, 0.15) is 5.66 Å². The summed E-state index contributed by atoms with van der Waals surface area (Å²) in [4.78, 5) is 22.9. The van der Waals surface area contributed by atoms with Gasteiger partial charge < -0.3 is 16.8 Å². The van der Waals surface area contributed by atoms with Crippen LogP contribution in [0.25, 0.3) is 0 Å². The number of carbonyl (C=O) groups excluding carboxylic acids is 1. The van der Waals surface area contributed by atoms with Crippen LogP contribution in [-0.2, 0) is 0 Å². The van der Waals surface area contributed by atoms with E-state index in [0.717, 1.165) is 37.8 Å². The predicted molar refractivity (Wildman–Crippen MR) is 101 cm³/mol. The molecule has 1 spiro atoms. The third kappa shape index (κ3) is 3.45. The molecule has 7 nitrogen and oxygen atoms in total. The lowest BCUT2D eigenvalue weighted by Gasteiger charge is -2.45. The number of hydrogen-bond acceptors (Lipinski definition) is 6. The van der Waals surface area contributed by atoms with Crippen molar-refractivity contribution in [2.24, 2.45) is 21.5 Å². The van der Waals surface area contributed by atoms with E-state index in [1.807, 2.05) is 36.1 Å². The molecule has 0 aromatic heterocycles. The highest BCUT2D eigenvalue weighted by Gasteiger charge is 2.42. The Morgan fingerprint density at radius 1 is 1.20 bits per heavy atom. The highest BCUT2D eigenvalue weighted by atomic mass is 16.1. The molecule has 3 rings (SSSR count). The molecule has 1 aliphatic carbocycles. The SMILES string of the molecule is CCCNC(=O)c1ccc(N2C(N)=NC(N)=NC23CCCCC3)cc1. The van der Waals surface area contributed by atoms with Gasteiger partial charge in [0.15, 0.2) is 0 Å². The summed E-state index contributed by atoms with van der Waals surface area (Å²) in [6, 6.07) is 7.42. The van der Waals surface area contributed by atoms with Gasteiger partial charge in [-0.1, -0.05) is 13.3 Å². The van der Waals surface area contributed by atoms with Crippen LogP contribution in [0.1, 0.15) is 55.8 Å². The number of nitrogens with two attached hydrogens (primary N) is 2. The molecule has 134 valence electrons. The first kappa shape index (κ1) is 17.3. The highest BCUT2D eigenvalue weighted by molar-refractivity contribution is 6.05. The zero-order valence-electron chi connectivity index (χ0n) is 14.7. The number of nitrogens with one attached hydrogen (secondary N) is 1. The smallest absolute Gasteiger partial charge is 0.251 e. The first-order chi connectivity index (χ1) is 12.1. The van der Waals surface area contributed by atoms with Crippen molar-refractivity contribution in [2.45, 2.75) is 51.1 Å². The van der Waals surface area contributed by atoms with Crippen molar-refractivity contribution in [2.75, 3.05) is 11.4 Å². The zero-order valence-corrected chi connectivity index (χ0v) is 14.7. The van der Waals surface area contributed by atoms with E-state index >= 15 is 0 Å². The fraction of sp³-hybridized carbons (Fsp3) is 0.500. The first-order valence-electron chi connectivity index (χ1n) is 8.94. The zero-order chi connectivity index (χ0) is 17.9. The van der Waals surface area contributed by atoms with Crippen LogP contribution >= 0.6 is 0 Å². The number of amides is 1. The van der Waals surface area contributed by atoms with Gasteiger partial charge in [-0.25, -0.2) is 4.99 Å². The van der Waals surface area contributed by atoms with Crippen LogP contribution in [0.4, 0.5) is 5.69 Å². The van der Waals surface area contributed by atoms with Crippen molar-refractivity contribution in [1.29, 1.82) is 0 Å². The standard InChI is InChI=1S/C18H26N6O/c1-2-12-21-15(25)13-6-8-14(9-7-13)24-17(20)22-16(19)23-18(24)10-4-3-5-11-18/h6-9H,2-5,10-12H2,1H3,(H,21,25)(H4,19,20,22,23). The molecule has 0 atom stereocenters. The second kappa shape index (κ2) is 7.13. The summed E-state index contributed by atoms with van der Waals surface area (Å²) < 4.78 is 0. The van der Waals surface area contributed by atoms with Crippen molar-refractivity contribution < 1.29 is 4.79 Å². The third-order valence-electron chi connectivity index (χ3n) is 4.77. The minimum atomic E-state index is -0.458.